The maximum Gasteiger partial charge on any atom is 0.212 e. The van der Waals surface area contributed by atoms with Gasteiger partial charge in [0.15, 0.2) is 0 Å². The lowest BCUT2D eigenvalue weighted by atomic mass is 10.2. The quantitative estimate of drug-likeness (QED) is 0.504. The standard InChI is InChI=1S/C15H13ClN4S2/c1-11-2-7-14(22-11)8-18-20-10-17-19-15(20)21-9-12-3-5-13(16)6-4-12/h2-8,10H,9H2,1H3/b18-8+. The van der Waals surface area contributed by atoms with Gasteiger partial charge in [-0.25, -0.2) is 0 Å². The molecular weight excluding hydrogens is 336 g/mol. The fourth-order valence-corrected chi connectivity index (χ4v) is 3.45. The number of rotatable bonds is 5. The Labute approximate surface area is 141 Å². The van der Waals surface area contributed by atoms with E-state index in [9.17, 15) is 0 Å². The maximum atomic E-state index is 5.89. The molecule has 0 atom stereocenters. The Balaban J connectivity index is 1.67. The number of thiophene rings is 1. The molecule has 112 valence electrons. The smallest absolute Gasteiger partial charge is 0.195 e. The SMILES string of the molecule is Cc1ccc(/C=N/n2cnnc2SCc2ccc(Cl)cc2)s1. The second-order valence-electron chi connectivity index (χ2n) is 4.57. The highest BCUT2D eigenvalue weighted by Gasteiger charge is 2.04. The number of thioether (sulfide) groups is 1. The number of hydrogen-bond acceptors (Lipinski definition) is 5. The molecule has 2 heterocycles. The molecule has 2 aromatic heterocycles. The zero-order valence-electron chi connectivity index (χ0n) is 11.8. The molecule has 0 aliphatic heterocycles. The van der Waals surface area contributed by atoms with E-state index in [2.05, 4.69) is 28.3 Å². The third-order valence-electron chi connectivity index (χ3n) is 2.85. The molecule has 0 N–H and O–H groups in total. The van der Waals surface area contributed by atoms with Crippen LogP contribution in [-0.4, -0.2) is 21.1 Å². The largest absolute Gasteiger partial charge is 0.212 e. The van der Waals surface area contributed by atoms with E-state index in [4.69, 9.17) is 11.6 Å². The molecule has 22 heavy (non-hydrogen) atoms. The number of aromatic nitrogens is 3. The van der Waals surface area contributed by atoms with Crippen molar-refractivity contribution in [2.75, 3.05) is 0 Å². The van der Waals surface area contributed by atoms with Crippen molar-refractivity contribution in [3.8, 4) is 0 Å². The predicted octanol–water partition coefficient (Wildman–Crippen LogP) is 4.48. The highest BCUT2D eigenvalue weighted by atomic mass is 35.5. The predicted molar refractivity (Wildman–Crippen MR) is 93.1 cm³/mol. The van der Waals surface area contributed by atoms with E-state index in [-0.39, 0.29) is 0 Å². The average Bonchev–Trinajstić information content (AvgIpc) is 3.13. The Morgan fingerprint density at radius 1 is 1.27 bits per heavy atom. The normalized spacial score (nSPS) is 11.4. The van der Waals surface area contributed by atoms with E-state index in [0.717, 1.165) is 20.8 Å². The first kappa shape index (κ1) is 15.3. The van der Waals surface area contributed by atoms with Crippen LogP contribution < -0.4 is 0 Å². The van der Waals surface area contributed by atoms with Gasteiger partial charge >= 0.3 is 0 Å². The number of aryl methyl sites for hydroxylation is 1. The molecule has 1 aromatic carbocycles. The van der Waals surface area contributed by atoms with E-state index < -0.39 is 0 Å². The number of hydrogen-bond donors (Lipinski definition) is 0. The van der Waals surface area contributed by atoms with E-state index in [1.165, 1.54) is 10.4 Å². The van der Waals surface area contributed by atoms with E-state index in [0.29, 0.717) is 0 Å². The molecule has 0 radical (unpaired) electrons. The topological polar surface area (TPSA) is 43.1 Å². The molecule has 0 bridgehead atoms. The summed E-state index contributed by atoms with van der Waals surface area (Å²) in [5.41, 5.74) is 1.18. The first-order chi connectivity index (χ1) is 10.7. The van der Waals surface area contributed by atoms with Gasteiger partial charge in [-0.3, -0.25) is 0 Å². The van der Waals surface area contributed by atoms with Crippen LogP contribution in [-0.2, 0) is 5.75 Å². The van der Waals surface area contributed by atoms with E-state index >= 15 is 0 Å². The van der Waals surface area contributed by atoms with Crippen molar-refractivity contribution in [2.24, 2.45) is 5.10 Å². The summed E-state index contributed by atoms with van der Waals surface area (Å²) in [6.07, 6.45) is 3.44. The lowest BCUT2D eigenvalue weighted by Gasteiger charge is -2.01. The highest BCUT2D eigenvalue weighted by Crippen LogP contribution is 2.21. The molecule has 0 amide bonds. The maximum absolute atomic E-state index is 5.89. The van der Waals surface area contributed by atoms with Crippen LogP contribution in [0.25, 0.3) is 0 Å². The summed E-state index contributed by atoms with van der Waals surface area (Å²) in [6, 6.07) is 11.9. The van der Waals surface area contributed by atoms with E-state index in [1.807, 2.05) is 36.5 Å². The van der Waals surface area contributed by atoms with Crippen LogP contribution in [0.5, 0.6) is 0 Å². The zero-order chi connectivity index (χ0) is 15.4. The van der Waals surface area contributed by atoms with Crippen LogP contribution in [0.2, 0.25) is 5.02 Å². The van der Waals surface area contributed by atoms with Crippen LogP contribution in [0.15, 0.2) is 53.0 Å². The van der Waals surface area contributed by atoms with Gasteiger partial charge in [0.25, 0.3) is 0 Å². The molecule has 0 saturated carbocycles. The van der Waals surface area contributed by atoms with Crippen molar-refractivity contribution < 1.29 is 0 Å². The van der Waals surface area contributed by atoms with Gasteiger partial charge in [-0.2, -0.15) is 9.78 Å². The number of benzene rings is 1. The molecule has 0 fully saturated rings. The summed E-state index contributed by atoms with van der Waals surface area (Å²) in [5, 5.41) is 14.0. The van der Waals surface area contributed by atoms with Crippen LogP contribution in [0.4, 0.5) is 0 Å². The van der Waals surface area contributed by atoms with Crippen LogP contribution >= 0.6 is 34.7 Å². The summed E-state index contributed by atoms with van der Waals surface area (Å²) in [5.74, 6) is 0.795. The average molecular weight is 349 g/mol. The monoisotopic (exact) mass is 348 g/mol. The second kappa shape index (κ2) is 7.09. The fraction of sp³-hybridized carbons (Fsp3) is 0.133. The molecule has 4 nitrogen and oxygen atoms in total. The summed E-state index contributed by atoms with van der Waals surface area (Å²) in [7, 11) is 0. The molecule has 0 saturated heterocycles. The Hall–Kier alpha value is -1.63. The molecule has 0 spiro atoms. The van der Waals surface area contributed by atoms with Crippen molar-refractivity contribution in [3.63, 3.8) is 0 Å². The van der Waals surface area contributed by atoms with Gasteiger partial charge < -0.3 is 0 Å². The zero-order valence-corrected chi connectivity index (χ0v) is 14.2. The molecule has 0 unspecified atom stereocenters. The van der Waals surface area contributed by atoms with Crippen molar-refractivity contribution >= 4 is 40.9 Å². The third-order valence-corrected chi connectivity index (χ3v) is 5.04. The first-order valence-corrected chi connectivity index (χ1v) is 8.77. The highest BCUT2D eigenvalue weighted by molar-refractivity contribution is 7.98. The Morgan fingerprint density at radius 3 is 2.82 bits per heavy atom. The van der Waals surface area contributed by atoms with Crippen molar-refractivity contribution in [1.82, 2.24) is 14.9 Å². The minimum absolute atomic E-state index is 0.743. The minimum atomic E-state index is 0.743. The second-order valence-corrected chi connectivity index (χ2v) is 7.26. The van der Waals surface area contributed by atoms with Crippen LogP contribution in [0.1, 0.15) is 15.3 Å². The molecule has 3 aromatic rings. The lowest BCUT2D eigenvalue weighted by molar-refractivity contribution is 0.767. The molecule has 3 rings (SSSR count). The summed E-state index contributed by atoms with van der Waals surface area (Å²) >= 11 is 9.18. The van der Waals surface area contributed by atoms with E-state index in [1.54, 1.807) is 34.1 Å². The summed E-state index contributed by atoms with van der Waals surface area (Å²) in [6.45, 7) is 2.08. The van der Waals surface area contributed by atoms with Gasteiger partial charge in [0.2, 0.25) is 5.16 Å². The molecule has 0 aliphatic rings. The van der Waals surface area contributed by atoms with Crippen LogP contribution in [0, 0.1) is 6.92 Å². The van der Waals surface area contributed by atoms with Gasteiger partial charge in [-0.05, 0) is 36.8 Å². The van der Waals surface area contributed by atoms with Gasteiger partial charge in [0.05, 0.1) is 6.21 Å². The molecule has 7 heteroatoms. The van der Waals surface area contributed by atoms with Crippen LogP contribution in [0.3, 0.4) is 0 Å². The van der Waals surface area contributed by atoms with Gasteiger partial charge in [0, 0.05) is 20.5 Å². The van der Waals surface area contributed by atoms with Gasteiger partial charge in [-0.1, -0.05) is 35.5 Å². The molecular formula is C15H13ClN4S2. The Bertz CT molecular complexity index is 777. The van der Waals surface area contributed by atoms with Crippen molar-refractivity contribution in [2.45, 2.75) is 17.8 Å². The van der Waals surface area contributed by atoms with Gasteiger partial charge in [0.1, 0.15) is 6.33 Å². The van der Waals surface area contributed by atoms with Gasteiger partial charge in [-0.15, -0.1) is 21.5 Å². The first-order valence-electron chi connectivity index (χ1n) is 6.59. The fourth-order valence-electron chi connectivity index (χ4n) is 1.76. The minimum Gasteiger partial charge on any atom is -0.195 e. The number of halogens is 1. The van der Waals surface area contributed by atoms with Crippen molar-refractivity contribution in [1.29, 1.82) is 0 Å². The number of nitrogens with zero attached hydrogens (tertiary/aromatic N) is 4. The summed E-state index contributed by atoms with van der Waals surface area (Å²) < 4.78 is 1.69. The third kappa shape index (κ3) is 3.97. The van der Waals surface area contributed by atoms with Crippen molar-refractivity contribution in [3.05, 3.63) is 63.1 Å². The Morgan fingerprint density at radius 2 is 2.09 bits per heavy atom. The lowest BCUT2D eigenvalue weighted by Crippen LogP contribution is -1.92. The Kier molecular flexibility index (Phi) is 4.92. The summed E-state index contributed by atoms with van der Waals surface area (Å²) in [4.78, 5) is 2.38. The molecule has 0 aliphatic carbocycles.